The number of aromatic nitrogens is 1. The molecule has 1 aliphatic heterocycles. The lowest BCUT2D eigenvalue weighted by Crippen LogP contribution is -2.49. The first kappa shape index (κ1) is 15.8. The average molecular weight is 325 g/mol. The summed E-state index contributed by atoms with van der Waals surface area (Å²) in [7, 11) is 0. The molecular formula is C12H12ClF3N2O3. The van der Waals surface area contributed by atoms with Crippen LogP contribution in [0.5, 0.6) is 0 Å². The number of likely N-dealkylation sites (tertiary alicyclic amines) is 1. The third kappa shape index (κ3) is 3.21. The Morgan fingerprint density at radius 2 is 2.14 bits per heavy atom. The molecular weight excluding hydrogens is 313 g/mol. The van der Waals surface area contributed by atoms with E-state index < -0.39 is 35.7 Å². The number of hydrogen-bond donors (Lipinski definition) is 2. The molecule has 1 atom stereocenters. The van der Waals surface area contributed by atoms with Gasteiger partial charge >= 0.3 is 12.3 Å². The Morgan fingerprint density at radius 1 is 1.48 bits per heavy atom. The average Bonchev–Trinajstić information content (AvgIpc) is 2.37. The molecule has 0 radical (unpaired) electrons. The van der Waals surface area contributed by atoms with E-state index in [-0.39, 0.29) is 24.4 Å². The highest BCUT2D eigenvalue weighted by atomic mass is 35.5. The summed E-state index contributed by atoms with van der Waals surface area (Å²) < 4.78 is 39.2. The third-order valence-electron chi connectivity index (χ3n) is 3.34. The van der Waals surface area contributed by atoms with Crippen molar-refractivity contribution < 1.29 is 28.2 Å². The van der Waals surface area contributed by atoms with Crippen molar-refractivity contribution in [3.63, 3.8) is 0 Å². The fourth-order valence-corrected chi connectivity index (χ4v) is 2.58. The topological polar surface area (TPSA) is 73.7 Å². The van der Waals surface area contributed by atoms with Crippen LogP contribution in [0.2, 0.25) is 5.02 Å². The van der Waals surface area contributed by atoms with Gasteiger partial charge in [-0.25, -0.2) is 4.79 Å². The van der Waals surface area contributed by atoms with Crippen LogP contribution in [0.15, 0.2) is 12.3 Å². The monoisotopic (exact) mass is 324 g/mol. The number of pyridine rings is 1. The summed E-state index contributed by atoms with van der Waals surface area (Å²) in [5.74, 6) is 0. The van der Waals surface area contributed by atoms with Crippen LogP contribution in [0, 0.1) is 0 Å². The van der Waals surface area contributed by atoms with Crippen molar-refractivity contribution in [2.24, 2.45) is 0 Å². The quantitative estimate of drug-likeness (QED) is 0.833. The maximum absolute atomic E-state index is 13.1. The number of halogens is 4. The molecule has 9 heteroatoms. The Labute approximate surface area is 123 Å². The molecule has 0 spiro atoms. The molecule has 1 aromatic heterocycles. The minimum atomic E-state index is -4.74. The molecule has 2 heterocycles. The van der Waals surface area contributed by atoms with Crippen LogP contribution in [-0.2, 0) is 11.8 Å². The Bertz CT molecular complexity index is 567. The highest BCUT2D eigenvalue weighted by Crippen LogP contribution is 2.40. The number of nitrogens with zero attached hydrogens (tertiary/aromatic N) is 2. The van der Waals surface area contributed by atoms with E-state index in [1.807, 2.05) is 0 Å². The van der Waals surface area contributed by atoms with Crippen molar-refractivity contribution in [3.05, 3.63) is 28.5 Å². The zero-order chi connectivity index (χ0) is 15.8. The predicted octanol–water partition coefficient (Wildman–Crippen LogP) is 2.72. The second-order valence-electron chi connectivity index (χ2n) is 4.89. The summed E-state index contributed by atoms with van der Waals surface area (Å²) in [6.07, 6.45) is -4.80. The third-order valence-corrected chi connectivity index (χ3v) is 3.55. The summed E-state index contributed by atoms with van der Waals surface area (Å²) in [6.45, 7) is -0.299. The van der Waals surface area contributed by atoms with Gasteiger partial charge in [0.15, 0.2) is 0 Å². The van der Waals surface area contributed by atoms with Crippen molar-refractivity contribution in [1.82, 2.24) is 9.88 Å². The summed E-state index contributed by atoms with van der Waals surface area (Å²) in [6, 6.07) is 0.682. The Morgan fingerprint density at radius 3 is 2.71 bits per heavy atom. The molecule has 1 fully saturated rings. The van der Waals surface area contributed by atoms with E-state index in [1.165, 1.54) is 0 Å². The molecule has 1 aliphatic rings. The van der Waals surface area contributed by atoms with Crippen LogP contribution >= 0.6 is 11.6 Å². The first-order chi connectivity index (χ1) is 9.63. The van der Waals surface area contributed by atoms with E-state index in [9.17, 15) is 23.1 Å². The number of amides is 1. The van der Waals surface area contributed by atoms with Crippen LogP contribution in [0.4, 0.5) is 18.0 Å². The van der Waals surface area contributed by atoms with Gasteiger partial charge in [0, 0.05) is 12.7 Å². The largest absolute Gasteiger partial charge is 0.465 e. The fourth-order valence-electron chi connectivity index (χ4n) is 2.42. The van der Waals surface area contributed by atoms with Gasteiger partial charge in [0.2, 0.25) is 0 Å². The van der Waals surface area contributed by atoms with Crippen LogP contribution in [0.1, 0.15) is 24.1 Å². The van der Waals surface area contributed by atoms with Crippen LogP contribution in [0.3, 0.4) is 0 Å². The number of piperidine rings is 1. The number of rotatable bonds is 1. The highest BCUT2D eigenvalue weighted by molar-refractivity contribution is 6.30. The van der Waals surface area contributed by atoms with Gasteiger partial charge in [-0.2, -0.15) is 13.2 Å². The molecule has 2 N–H and O–H groups in total. The van der Waals surface area contributed by atoms with Gasteiger partial charge in [0.1, 0.15) is 5.60 Å². The Balaban J connectivity index is 2.47. The number of carboxylic acid groups (broad SMARTS) is 1. The molecule has 0 saturated carbocycles. The molecule has 0 aromatic carbocycles. The summed E-state index contributed by atoms with van der Waals surface area (Å²) in [4.78, 5) is 15.4. The van der Waals surface area contributed by atoms with E-state index in [0.29, 0.717) is 6.07 Å². The summed E-state index contributed by atoms with van der Waals surface area (Å²) in [5, 5.41) is 19.2. The summed E-state index contributed by atoms with van der Waals surface area (Å²) >= 11 is 5.54. The lowest BCUT2D eigenvalue weighted by molar-refractivity contribution is -0.142. The lowest BCUT2D eigenvalue weighted by Gasteiger charge is -2.38. The van der Waals surface area contributed by atoms with Crippen molar-refractivity contribution in [2.75, 3.05) is 13.1 Å². The molecule has 1 aromatic rings. The lowest BCUT2D eigenvalue weighted by atomic mass is 9.86. The smallest absolute Gasteiger partial charge is 0.418 e. The van der Waals surface area contributed by atoms with Gasteiger partial charge in [0.05, 0.1) is 22.8 Å². The van der Waals surface area contributed by atoms with Crippen LogP contribution in [0.25, 0.3) is 0 Å². The van der Waals surface area contributed by atoms with E-state index in [1.54, 1.807) is 0 Å². The second-order valence-corrected chi connectivity index (χ2v) is 5.32. The molecule has 1 unspecified atom stereocenters. The molecule has 1 saturated heterocycles. The standard InChI is InChI=1S/C12H12ClF3N2O3/c13-7-4-8(12(14,15)16)9(17-5-7)11(21)2-1-3-18(6-11)10(19)20/h4-5,21H,1-3,6H2,(H,19,20). The van der Waals surface area contributed by atoms with Gasteiger partial charge < -0.3 is 15.1 Å². The molecule has 21 heavy (non-hydrogen) atoms. The molecule has 1 amide bonds. The van der Waals surface area contributed by atoms with Crippen LogP contribution < -0.4 is 0 Å². The minimum absolute atomic E-state index is 0.00546. The minimum Gasteiger partial charge on any atom is -0.465 e. The SMILES string of the molecule is O=C(O)N1CCCC(O)(c2ncc(Cl)cc2C(F)(F)F)C1. The van der Waals surface area contributed by atoms with E-state index in [4.69, 9.17) is 16.7 Å². The van der Waals surface area contributed by atoms with Crippen molar-refractivity contribution >= 4 is 17.7 Å². The summed E-state index contributed by atoms with van der Waals surface area (Å²) in [5.41, 5.74) is -3.72. The van der Waals surface area contributed by atoms with Gasteiger partial charge in [-0.15, -0.1) is 0 Å². The molecule has 5 nitrogen and oxygen atoms in total. The van der Waals surface area contributed by atoms with Gasteiger partial charge in [0.25, 0.3) is 0 Å². The van der Waals surface area contributed by atoms with Gasteiger partial charge in [-0.05, 0) is 18.9 Å². The zero-order valence-electron chi connectivity index (χ0n) is 10.7. The second kappa shape index (κ2) is 5.34. The Kier molecular flexibility index (Phi) is 4.03. The Hall–Kier alpha value is -1.54. The van der Waals surface area contributed by atoms with Gasteiger partial charge in [-0.1, -0.05) is 11.6 Å². The molecule has 0 bridgehead atoms. The number of alkyl halides is 3. The van der Waals surface area contributed by atoms with Crippen molar-refractivity contribution in [3.8, 4) is 0 Å². The van der Waals surface area contributed by atoms with Crippen LogP contribution in [-0.4, -0.2) is 39.3 Å². The predicted molar refractivity (Wildman–Crippen MR) is 67.0 cm³/mol. The zero-order valence-corrected chi connectivity index (χ0v) is 11.4. The first-order valence-corrected chi connectivity index (χ1v) is 6.45. The highest BCUT2D eigenvalue weighted by Gasteiger charge is 2.45. The van der Waals surface area contributed by atoms with Gasteiger partial charge in [-0.3, -0.25) is 4.98 Å². The van der Waals surface area contributed by atoms with E-state index in [2.05, 4.69) is 4.98 Å². The van der Waals surface area contributed by atoms with Crippen molar-refractivity contribution in [1.29, 1.82) is 0 Å². The van der Waals surface area contributed by atoms with E-state index in [0.717, 1.165) is 11.1 Å². The number of carbonyl (C=O) groups is 1. The number of hydrogen-bond acceptors (Lipinski definition) is 3. The fraction of sp³-hybridized carbons (Fsp3) is 0.500. The molecule has 116 valence electrons. The maximum Gasteiger partial charge on any atom is 0.418 e. The molecule has 0 aliphatic carbocycles. The first-order valence-electron chi connectivity index (χ1n) is 6.07. The number of aliphatic hydroxyl groups is 1. The van der Waals surface area contributed by atoms with Crippen molar-refractivity contribution in [2.45, 2.75) is 24.6 Å². The molecule has 2 rings (SSSR count). The van der Waals surface area contributed by atoms with E-state index >= 15 is 0 Å². The number of β-amino-alcohol motifs (C(OH)–C–C–N with tert-alkyl or cyclic N) is 1. The maximum atomic E-state index is 13.1. The normalized spacial score (nSPS) is 23.2.